The van der Waals surface area contributed by atoms with Gasteiger partial charge in [-0.05, 0) is 44.7 Å². The number of carbonyl (C=O) groups excluding carboxylic acids is 1. The quantitative estimate of drug-likeness (QED) is 0.795. The number of sulfone groups is 1. The molecule has 4 nitrogen and oxygen atoms in total. The summed E-state index contributed by atoms with van der Waals surface area (Å²) in [7, 11) is -3.05. The molecule has 110 valence electrons. The lowest BCUT2D eigenvalue weighted by molar-refractivity contribution is 0.0698. The van der Waals surface area contributed by atoms with Crippen molar-refractivity contribution in [3.8, 4) is 0 Å². The van der Waals surface area contributed by atoms with E-state index in [1.165, 1.54) is 16.9 Å². The van der Waals surface area contributed by atoms with Gasteiger partial charge >= 0.3 is 0 Å². The highest BCUT2D eigenvalue weighted by atomic mass is 32.2. The lowest BCUT2D eigenvalue weighted by atomic mass is 10.2. The molecule has 0 unspecified atom stereocenters. The second-order valence-electron chi connectivity index (χ2n) is 5.72. The van der Waals surface area contributed by atoms with E-state index >= 15 is 0 Å². The number of carbonyl (C=O) groups is 1. The van der Waals surface area contributed by atoms with Gasteiger partial charge in [-0.3, -0.25) is 4.79 Å². The van der Waals surface area contributed by atoms with Crippen molar-refractivity contribution in [2.75, 3.05) is 12.3 Å². The molecule has 3 rings (SSSR count). The molecule has 0 spiro atoms. The number of amides is 1. The highest BCUT2D eigenvalue weighted by Crippen LogP contribution is 2.32. The Morgan fingerprint density at radius 1 is 1.35 bits per heavy atom. The molecule has 0 N–H and O–H groups in total. The van der Waals surface area contributed by atoms with Gasteiger partial charge in [0, 0.05) is 17.5 Å². The van der Waals surface area contributed by atoms with Crippen LogP contribution < -0.4 is 0 Å². The van der Waals surface area contributed by atoms with Gasteiger partial charge in [-0.1, -0.05) is 0 Å². The number of nitrogens with zero attached hydrogens (tertiary/aromatic N) is 1. The summed E-state index contributed by atoms with van der Waals surface area (Å²) in [6.45, 7) is 3.85. The van der Waals surface area contributed by atoms with Crippen molar-refractivity contribution < 1.29 is 13.2 Å². The Hall–Kier alpha value is -0.880. The number of hydrogen-bond donors (Lipinski definition) is 0. The monoisotopic (exact) mass is 313 g/mol. The fourth-order valence-corrected chi connectivity index (χ4v) is 5.81. The van der Waals surface area contributed by atoms with E-state index < -0.39 is 15.1 Å². The van der Waals surface area contributed by atoms with E-state index in [9.17, 15) is 13.2 Å². The van der Waals surface area contributed by atoms with E-state index in [-0.39, 0.29) is 17.7 Å². The molecule has 20 heavy (non-hydrogen) atoms. The van der Waals surface area contributed by atoms with Gasteiger partial charge in [0.25, 0.3) is 5.91 Å². The minimum Gasteiger partial charge on any atom is -0.333 e. The van der Waals surface area contributed by atoms with Crippen molar-refractivity contribution in [2.45, 2.75) is 44.4 Å². The van der Waals surface area contributed by atoms with Crippen LogP contribution in [0, 0.1) is 0 Å². The van der Waals surface area contributed by atoms with E-state index in [4.69, 9.17) is 0 Å². The van der Waals surface area contributed by atoms with Crippen molar-refractivity contribution in [3.05, 3.63) is 21.4 Å². The third-order valence-electron chi connectivity index (χ3n) is 4.57. The van der Waals surface area contributed by atoms with E-state index in [1.54, 1.807) is 23.2 Å². The zero-order chi connectivity index (χ0) is 14.5. The normalized spacial score (nSPS) is 28.4. The van der Waals surface area contributed by atoms with Crippen LogP contribution in [0.3, 0.4) is 0 Å². The number of aryl methyl sites for hydroxylation is 2. The summed E-state index contributed by atoms with van der Waals surface area (Å²) >= 11 is 1.59. The van der Waals surface area contributed by atoms with Gasteiger partial charge in [0.15, 0.2) is 9.84 Å². The van der Waals surface area contributed by atoms with Crippen molar-refractivity contribution in [3.63, 3.8) is 0 Å². The van der Waals surface area contributed by atoms with Crippen molar-refractivity contribution in [1.29, 1.82) is 0 Å². The van der Waals surface area contributed by atoms with Crippen LogP contribution in [0.4, 0.5) is 0 Å². The summed E-state index contributed by atoms with van der Waals surface area (Å²) in [6, 6.07) is 1.76. The first-order valence-electron chi connectivity index (χ1n) is 7.04. The largest absolute Gasteiger partial charge is 0.333 e. The van der Waals surface area contributed by atoms with Crippen molar-refractivity contribution >= 4 is 27.1 Å². The zero-order valence-electron chi connectivity index (χ0n) is 11.8. The Kier molecular flexibility index (Phi) is 3.41. The minimum absolute atomic E-state index is 0.00125. The van der Waals surface area contributed by atoms with Gasteiger partial charge in [-0.25, -0.2) is 8.42 Å². The highest BCUT2D eigenvalue weighted by Gasteiger charge is 2.38. The minimum atomic E-state index is -3.05. The van der Waals surface area contributed by atoms with Crippen LogP contribution in [0.15, 0.2) is 6.07 Å². The van der Waals surface area contributed by atoms with Crippen LogP contribution in [0.25, 0.3) is 0 Å². The summed E-state index contributed by atoms with van der Waals surface area (Å²) in [5, 5.41) is -0.480. The number of hydrogen-bond acceptors (Lipinski definition) is 4. The molecule has 2 aliphatic rings. The summed E-state index contributed by atoms with van der Waals surface area (Å²) in [6.07, 6.45) is 3.33. The summed E-state index contributed by atoms with van der Waals surface area (Å²) < 4.78 is 23.7. The molecule has 1 amide bonds. The van der Waals surface area contributed by atoms with Crippen LogP contribution in [0.2, 0.25) is 0 Å². The maximum absolute atomic E-state index is 12.6. The predicted molar refractivity (Wildman–Crippen MR) is 80.1 cm³/mol. The third-order valence-corrected chi connectivity index (χ3v) is 8.08. The fraction of sp³-hybridized carbons (Fsp3) is 0.643. The molecule has 1 aliphatic carbocycles. The Balaban J connectivity index is 1.83. The van der Waals surface area contributed by atoms with Crippen LogP contribution in [-0.4, -0.2) is 42.8 Å². The molecule has 2 atom stereocenters. The summed E-state index contributed by atoms with van der Waals surface area (Å²) in [5.41, 5.74) is 1.31. The molecule has 6 heteroatoms. The summed E-state index contributed by atoms with van der Waals surface area (Å²) in [5.74, 6) is 0.0775. The Morgan fingerprint density at radius 3 is 2.80 bits per heavy atom. The maximum atomic E-state index is 12.6. The van der Waals surface area contributed by atoms with Crippen LogP contribution in [0.1, 0.15) is 40.4 Å². The lowest BCUT2D eigenvalue weighted by Gasteiger charge is -2.37. The predicted octanol–water partition coefficient (Wildman–Crippen LogP) is 1.88. The molecular weight excluding hydrogens is 294 g/mol. The standard InChI is InChI=1S/C14H19NO3S2/c1-9-10(2)20(17,18)7-6-15(9)14(16)13-8-11-4-3-5-12(11)19-13/h8-10H,3-7H2,1-2H3/t9-,10-/m1/s1. The molecule has 1 fully saturated rings. The first-order valence-corrected chi connectivity index (χ1v) is 9.57. The zero-order valence-corrected chi connectivity index (χ0v) is 13.4. The Morgan fingerprint density at radius 2 is 2.10 bits per heavy atom. The molecule has 0 radical (unpaired) electrons. The average Bonchev–Trinajstić information content (AvgIpc) is 2.96. The van der Waals surface area contributed by atoms with E-state index in [0.717, 1.165) is 17.7 Å². The molecule has 1 aromatic heterocycles. The van der Waals surface area contributed by atoms with Gasteiger partial charge in [-0.2, -0.15) is 0 Å². The van der Waals surface area contributed by atoms with Crippen LogP contribution >= 0.6 is 11.3 Å². The lowest BCUT2D eigenvalue weighted by Crippen LogP contribution is -2.54. The second kappa shape index (κ2) is 4.84. The first kappa shape index (κ1) is 14.1. The highest BCUT2D eigenvalue weighted by molar-refractivity contribution is 7.92. The van der Waals surface area contributed by atoms with Gasteiger partial charge in [0.05, 0.1) is 15.9 Å². The maximum Gasteiger partial charge on any atom is 0.264 e. The second-order valence-corrected chi connectivity index (χ2v) is 9.34. The number of fused-ring (bicyclic) bond motifs is 1. The third kappa shape index (κ3) is 2.19. The van der Waals surface area contributed by atoms with Gasteiger partial charge < -0.3 is 4.90 Å². The van der Waals surface area contributed by atoms with Gasteiger partial charge in [0.2, 0.25) is 0 Å². The van der Waals surface area contributed by atoms with Crippen LogP contribution in [0.5, 0.6) is 0 Å². The Labute approximate surface area is 123 Å². The smallest absolute Gasteiger partial charge is 0.264 e. The van der Waals surface area contributed by atoms with Gasteiger partial charge in [0.1, 0.15) is 0 Å². The number of thiophene rings is 1. The van der Waals surface area contributed by atoms with E-state index in [1.807, 2.05) is 13.0 Å². The van der Waals surface area contributed by atoms with Crippen molar-refractivity contribution in [2.24, 2.45) is 0 Å². The molecule has 2 heterocycles. The van der Waals surface area contributed by atoms with Gasteiger partial charge in [-0.15, -0.1) is 11.3 Å². The first-order chi connectivity index (χ1) is 9.40. The summed E-state index contributed by atoms with van der Waals surface area (Å²) in [4.78, 5) is 16.4. The molecule has 0 aromatic carbocycles. The molecular formula is C14H19NO3S2. The molecule has 0 saturated carbocycles. The number of rotatable bonds is 1. The molecule has 1 aromatic rings. The fourth-order valence-electron chi connectivity index (χ4n) is 3.03. The van der Waals surface area contributed by atoms with E-state index in [0.29, 0.717) is 6.54 Å². The topological polar surface area (TPSA) is 54.5 Å². The average molecular weight is 313 g/mol. The molecule has 1 saturated heterocycles. The van der Waals surface area contributed by atoms with Crippen LogP contribution in [-0.2, 0) is 22.7 Å². The Bertz CT molecular complexity index is 626. The van der Waals surface area contributed by atoms with E-state index in [2.05, 4.69) is 0 Å². The molecule has 0 bridgehead atoms. The van der Waals surface area contributed by atoms with Crippen molar-refractivity contribution in [1.82, 2.24) is 4.90 Å². The SMILES string of the molecule is C[C@@H]1[C@@H](C)S(=O)(=O)CCN1C(=O)c1cc2c(s1)CCC2. The molecule has 1 aliphatic heterocycles.